The van der Waals surface area contributed by atoms with Crippen molar-refractivity contribution in [3.63, 3.8) is 0 Å². The van der Waals surface area contributed by atoms with E-state index in [1.165, 1.54) is 31.4 Å². The molecule has 2 rings (SSSR count). The van der Waals surface area contributed by atoms with Gasteiger partial charge in [0.1, 0.15) is 12.3 Å². The highest BCUT2D eigenvalue weighted by molar-refractivity contribution is 5.26. The van der Waals surface area contributed by atoms with Gasteiger partial charge in [-0.2, -0.15) is 0 Å². The molecular weight excluding hydrogens is 298 g/mol. The number of benzene rings is 1. The van der Waals surface area contributed by atoms with Crippen molar-refractivity contribution < 1.29 is 14.8 Å². The van der Waals surface area contributed by atoms with Crippen LogP contribution in [0.3, 0.4) is 0 Å². The van der Waals surface area contributed by atoms with Crippen LogP contribution in [0.15, 0.2) is 24.3 Å². The van der Waals surface area contributed by atoms with Gasteiger partial charge in [-0.1, -0.05) is 13.8 Å². The van der Waals surface area contributed by atoms with Gasteiger partial charge in [-0.05, 0) is 75.1 Å². The first-order valence-corrected chi connectivity index (χ1v) is 9.50. The zero-order valence-corrected chi connectivity index (χ0v) is 16.2. The second-order valence-electron chi connectivity index (χ2n) is 8.19. The van der Waals surface area contributed by atoms with Crippen LogP contribution < -0.4 is 10.1 Å². The molecule has 3 heteroatoms. The number of rotatable bonds is 8. The Morgan fingerprint density at radius 1 is 1.25 bits per heavy atom. The molecule has 0 amide bonds. The van der Waals surface area contributed by atoms with E-state index in [-0.39, 0.29) is 5.60 Å². The lowest BCUT2D eigenvalue weighted by Gasteiger charge is -2.40. The molecule has 136 valence electrons. The zero-order chi connectivity index (χ0) is 17.6. The van der Waals surface area contributed by atoms with Crippen LogP contribution in [-0.4, -0.2) is 25.9 Å². The highest BCUT2D eigenvalue weighted by Gasteiger charge is 2.34. The second-order valence-corrected chi connectivity index (χ2v) is 8.19. The highest BCUT2D eigenvalue weighted by atomic mass is 16.5. The predicted octanol–water partition coefficient (Wildman–Crippen LogP) is 3.63. The molecule has 2 N–H and O–H groups in total. The Hall–Kier alpha value is -1.06. The molecule has 1 aliphatic rings. The van der Waals surface area contributed by atoms with Gasteiger partial charge in [-0.3, -0.25) is 0 Å². The molecule has 0 unspecified atom stereocenters. The molecule has 1 aromatic rings. The van der Waals surface area contributed by atoms with Gasteiger partial charge in [-0.15, -0.1) is 0 Å². The fourth-order valence-electron chi connectivity index (χ4n) is 4.10. The summed E-state index contributed by atoms with van der Waals surface area (Å²) in [5.74, 6) is 3.29. The maximum Gasteiger partial charge on any atom is 0.118 e. The highest BCUT2D eigenvalue weighted by Crippen LogP contribution is 2.37. The van der Waals surface area contributed by atoms with E-state index in [2.05, 4.69) is 45.1 Å². The number of quaternary nitrogens is 1. The van der Waals surface area contributed by atoms with Gasteiger partial charge in [0.05, 0.1) is 19.3 Å². The molecule has 24 heavy (non-hydrogen) atoms. The Morgan fingerprint density at radius 2 is 1.96 bits per heavy atom. The summed E-state index contributed by atoms with van der Waals surface area (Å²) in [5, 5.41) is 2.45. The third kappa shape index (κ3) is 5.78. The van der Waals surface area contributed by atoms with Crippen molar-refractivity contribution in [2.24, 2.45) is 17.8 Å². The Labute approximate surface area is 148 Å². The number of nitrogens with two attached hydrogens (primary N) is 1. The summed E-state index contributed by atoms with van der Waals surface area (Å²) in [6, 6.07) is 8.42. The molecule has 1 saturated heterocycles. The van der Waals surface area contributed by atoms with Crippen LogP contribution in [0.1, 0.15) is 52.5 Å². The smallest absolute Gasteiger partial charge is 0.118 e. The number of hydrogen-bond donors (Lipinski definition) is 1. The Balaban J connectivity index is 1.79. The molecule has 1 heterocycles. The fraction of sp³-hybridized carbons (Fsp3) is 0.714. The van der Waals surface area contributed by atoms with E-state index in [4.69, 9.17) is 9.47 Å². The topological polar surface area (TPSA) is 35.1 Å². The van der Waals surface area contributed by atoms with Crippen LogP contribution >= 0.6 is 0 Å². The summed E-state index contributed by atoms with van der Waals surface area (Å²) in [4.78, 5) is 0. The lowest BCUT2D eigenvalue weighted by molar-refractivity contribution is -0.671. The van der Waals surface area contributed by atoms with Gasteiger partial charge in [-0.25, -0.2) is 0 Å². The minimum Gasteiger partial charge on any atom is -0.497 e. The Bertz CT molecular complexity index is 481. The van der Waals surface area contributed by atoms with Crippen molar-refractivity contribution in [3.8, 4) is 5.75 Å². The zero-order valence-electron chi connectivity index (χ0n) is 16.2. The molecule has 0 radical (unpaired) electrons. The third-order valence-electron chi connectivity index (χ3n) is 5.44. The molecule has 1 aliphatic heterocycles. The van der Waals surface area contributed by atoms with E-state index in [0.29, 0.717) is 0 Å². The van der Waals surface area contributed by atoms with Crippen molar-refractivity contribution in [2.45, 2.75) is 59.1 Å². The van der Waals surface area contributed by atoms with E-state index in [1.807, 2.05) is 12.1 Å². The lowest BCUT2D eigenvalue weighted by atomic mass is 9.73. The van der Waals surface area contributed by atoms with E-state index >= 15 is 0 Å². The number of methoxy groups -OCH3 is 1. The van der Waals surface area contributed by atoms with E-state index in [0.717, 1.165) is 36.7 Å². The summed E-state index contributed by atoms with van der Waals surface area (Å²) >= 11 is 0. The quantitative estimate of drug-likeness (QED) is 0.737. The minimum absolute atomic E-state index is 0.0584. The average Bonchev–Trinajstić information content (AvgIpc) is 2.54. The van der Waals surface area contributed by atoms with E-state index < -0.39 is 0 Å². The van der Waals surface area contributed by atoms with Crippen LogP contribution in [0.4, 0.5) is 0 Å². The molecule has 2 atom stereocenters. The first-order chi connectivity index (χ1) is 11.4. The average molecular weight is 335 g/mol. The third-order valence-corrected chi connectivity index (χ3v) is 5.44. The first kappa shape index (κ1) is 19.3. The second kappa shape index (κ2) is 8.87. The lowest BCUT2D eigenvalue weighted by Crippen LogP contribution is -2.82. The molecule has 0 bridgehead atoms. The molecule has 1 aromatic carbocycles. The largest absolute Gasteiger partial charge is 0.497 e. The van der Waals surface area contributed by atoms with Crippen molar-refractivity contribution in [1.29, 1.82) is 0 Å². The van der Waals surface area contributed by atoms with Crippen LogP contribution in [0.25, 0.3) is 0 Å². The van der Waals surface area contributed by atoms with Gasteiger partial charge in [0.15, 0.2) is 0 Å². The van der Waals surface area contributed by atoms with Gasteiger partial charge in [0, 0.05) is 12.2 Å². The molecular formula is C21H36NO2+. The van der Waals surface area contributed by atoms with Gasteiger partial charge < -0.3 is 14.8 Å². The summed E-state index contributed by atoms with van der Waals surface area (Å²) in [6.45, 7) is 12.4. The summed E-state index contributed by atoms with van der Waals surface area (Å²) in [7, 11) is 1.71. The normalized spacial score (nSPS) is 21.7. The van der Waals surface area contributed by atoms with Gasteiger partial charge in [0.2, 0.25) is 0 Å². The van der Waals surface area contributed by atoms with E-state index in [9.17, 15) is 0 Å². The molecule has 1 fully saturated rings. The Kier molecular flexibility index (Phi) is 7.12. The monoisotopic (exact) mass is 334 g/mol. The van der Waals surface area contributed by atoms with Crippen LogP contribution in [0.5, 0.6) is 5.75 Å². The van der Waals surface area contributed by atoms with Crippen molar-refractivity contribution in [3.05, 3.63) is 29.8 Å². The van der Waals surface area contributed by atoms with Crippen molar-refractivity contribution in [2.75, 3.05) is 20.3 Å². The SMILES string of the molecule is COc1ccc(C[NH2+]CC[C@@H](C(C)C)[C@@H]2CCOC(C)(C)C2)cc1. The molecule has 0 saturated carbocycles. The summed E-state index contributed by atoms with van der Waals surface area (Å²) in [5.41, 5.74) is 1.42. The molecule has 0 aromatic heterocycles. The maximum absolute atomic E-state index is 5.91. The van der Waals surface area contributed by atoms with Crippen molar-refractivity contribution in [1.82, 2.24) is 0 Å². The number of ether oxygens (including phenoxy) is 2. The molecule has 0 spiro atoms. The van der Waals surface area contributed by atoms with Crippen LogP contribution in [0.2, 0.25) is 0 Å². The number of hydrogen-bond acceptors (Lipinski definition) is 2. The van der Waals surface area contributed by atoms with Crippen molar-refractivity contribution >= 4 is 0 Å². The maximum atomic E-state index is 5.91. The predicted molar refractivity (Wildman–Crippen MR) is 99.2 cm³/mol. The van der Waals surface area contributed by atoms with Crippen LogP contribution in [-0.2, 0) is 11.3 Å². The fourth-order valence-corrected chi connectivity index (χ4v) is 4.10. The molecule has 0 aliphatic carbocycles. The van der Waals surface area contributed by atoms with Gasteiger partial charge >= 0.3 is 0 Å². The van der Waals surface area contributed by atoms with Gasteiger partial charge in [0.25, 0.3) is 0 Å². The molecule has 3 nitrogen and oxygen atoms in total. The first-order valence-electron chi connectivity index (χ1n) is 9.50. The van der Waals surface area contributed by atoms with E-state index in [1.54, 1.807) is 7.11 Å². The summed E-state index contributed by atoms with van der Waals surface area (Å²) in [6.07, 6.45) is 3.73. The minimum atomic E-state index is 0.0584. The van der Waals surface area contributed by atoms with Crippen LogP contribution in [0, 0.1) is 17.8 Å². The Morgan fingerprint density at radius 3 is 2.54 bits per heavy atom. The summed E-state index contributed by atoms with van der Waals surface area (Å²) < 4.78 is 11.1. The standard InChI is InChI=1S/C21H35NO2/c1-16(2)20(18-11-13-24-21(3,4)14-18)10-12-22-15-17-6-8-19(23-5)9-7-17/h6-9,16,18,20,22H,10-15H2,1-5H3/p+1/t18-,20+/m1/s1.